The van der Waals surface area contributed by atoms with E-state index in [0.29, 0.717) is 6.42 Å². The summed E-state index contributed by atoms with van der Waals surface area (Å²) in [6.07, 6.45) is 0.317. The lowest BCUT2D eigenvalue weighted by Gasteiger charge is -2.12. The average molecular weight is 244 g/mol. The van der Waals surface area contributed by atoms with E-state index in [0.717, 1.165) is 6.07 Å². The number of rotatable bonds is 4. The maximum Gasteiger partial charge on any atom is 0.233 e. The topological polar surface area (TPSA) is 86.2 Å². The first-order chi connectivity index (χ1) is 7.47. The molecule has 16 heavy (non-hydrogen) atoms. The summed E-state index contributed by atoms with van der Waals surface area (Å²) in [4.78, 5) is 11.2. The minimum Gasteiger partial charge on any atom is -0.398 e. The van der Waals surface area contributed by atoms with Gasteiger partial charge in [-0.3, -0.25) is 9.00 Å². The number of hydrogen-bond donors (Lipinski definition) is 2. The molecule has 0 heterocycles. The molecule has 4 N–H and O–H groups in total. The number of nitrogen functional groups attached to an aromatic ring is 1. The van der Waals surface area contributed by atoms with Crippen molar-refractivity contribution in [1.82, 2.24) is 0 Å². The summed E-state index contributed by atoms with van der Waals surface area (Å²) in [7, 11) is -1.71. The second-order valence-corrected chi connectivity index (χ2v) is 4.88. The van der Waals surface area contributed by atoms with E-state index in [1.165, 1.54) is 12.1 Å². The minimum absolute atomic E-state index is 0.116. The molecule has 1 aromatic rings. The SMILES string of the molecule is CCC(C(N)=O)S(=O)c1cc(F)ccc1N. The quantitative estimate of drug-likeness (QED) is 0.767. The van der Waals surface area contributed by atoms with E-state index in [1.54, 1.807) is 6.92 Å². The second-order valence-electron chi connectivity index (χ2n) is 3.28. The second kappa shape index (κ2) is 5.07. The number of nitrogens with two attached hydrogens (primary N) is 2. The fraction of sp³-hybridized carbons (Fsp3) is 0.300. The van der Waals surface area contributed by atoms with Gasteiger partial charge in [0, 0.05) is 5.69 Å². The number of benzene rings is 1. The predicted molar refractivity (Wildman–Crippen MR) is 60.5 cm³/mol. The summed E-state index contributed by atoms with van der Waals surface area (Å²) in [5, 5.41) is -0.843. The molecule has 88 valence electrons. The zero-order valence-electron chi connectivity index (χ0n) is 8.77. The first kappa shape index (κ1) is 12.6. The molecule has 0 aliphatic carbocycles. The van der Waals surface area contributed by atoms with Gasteiger partial charge in [0.15, 0.2) is 0 Å². The van der Waals surface area contributed by atoms with Crippen LogP contribution in [0.3, 0.4) is 0 Å². The molecule has 0 aliphatic rings. The van der Waals surface area contributed by atoms with Gasteiger partial charge in [0.2, 0.25) is 5.91 Å². The number of carbonyl (C=O) groups excluding carboxylic acids is 1. The summed E-state index contributed by atoms with van der Waals surface area (Å²) in [5.41, 5.74) is 10.9. The fourth-order valence-electron chi connectivity index (χ4n) is 1.29. The summed E-state index contributed by atoms with van der Waals surface area (Å²) in [6, 6.07) is 3.55. The van der Waals surface area contributed by atoms with Crippen LogP contribution in [-0.4, -0.2) is 15.4 Å². The van der Waals surface area contributed by atoms with Gasteiger partial charge in [0.1, 0.15) is 11.1 Å². The first-order valence-electron chi connectivity index (χ1n) is 4.72. The Morgan fingerprint density at radius 1 is 1.56 bits per heavy atom. The Morgan fingerprint density at radius 3 is 2.69 bits per heavy atom. The van der Waals surface area contributed by atoms with Gasteiger partial charge in [-0.05, 0) is 24.6 Å². The Hall–Kier alpha value is -1.43. The van der Waals surface area contributed by atoms with Crippen molar-refractivity contribution in [2.24, 2.45) is 5.73 Å². The van der Waals surface area contributed by atoms with Gasteiger partial charge in [-0.1, -0.05) is 6.92 Å². The summed E-state index contributed by atoms with van der Waals surface area (Å²) < 4.78 is 24.9. The maximum atomic E-state index is 13.0. The van der Waals surface area contributed by atoms with E-state index in [2.05, 4.69) is 0 Å². The number of primary amides is 1. The van der Waals surface area contributed by atoms with E-state index in [4.69, 9.17) is 11.5 Å². The predicted octanol–water partition coefficient (Wildman–Crippen LogP) is 0.779. The molecule has 1 amide bonds. The molecular weight excluding hydrogens is 231 g/mol. The summed E-state index contributed by atoms with van der Waals surface area (Å²) in [6.45, 7) is 1.68. The highest BCUT2D eigenvalue weighted by atomic mass is 32.2. The third-order valence-corrected chi connectivity index (χ3v) is 4.01. The van der Waals surface area contributed by atoms with Crippen molar-refractivity contribution in [2.75, 3.05) is 5.73 Å². The highest BCUT2D eigenvalue weighted by molar-refractivity contribution is 7.86. The van der Waals surface area contributed by atoms with Gasteiger partial charge in [-0.2, -0.15) is 0 Å². The highest BCUT2D eigenvalue weighted by Gasteiger charge is 2.23. The van der Waals surface area contributed by atoms with Crippen molar-refractivity contribution in [3.63, 3.8) is 0 Å². The lowest BCUT2D eigenvalue weighted by atomic mass is 10.3. The molecule has 0 saturated heterocycles. The zero-order valence-corrected chi connectivity index (χ0v) is 9.59. The van der Waals surface area contributed by atoms with E-state index < -0.39 is 27.8 Å². The van der Waals surface area contributed by atoms with Crippen molar-refractivity contribution in [2.45, 2.75) is 23.5 Å². The van der Waals surface area contributed by atoms with E-state index in [9.17, 15) is 13.4 Å². The molecule has 0 spiro atoms. The van der Waals surface area contributed by atoms with Crippen molar-refractivity contribution in [3.8, 4) is 0 Å². The van der Waals surface area contributed by atoms with Gasteiger partial charge in [-0.15, -0.1) is 0 Å². The molecule has 2 atom stereocenters. The van der Waals surface area contributed by atoms with Crippen LogP contribution in [0.2, 0.25) is 0 Å². The largest absolute Gasteiger partial charge is 0.398 e. The van der Waals surface area contributed by atoms with Crippen LogP contribution in [0.1, 0.15) is 13.3 Å². The Kier molecular flexibility index (Phi) is 4.00. The molecule has 1 aromatic carbocycles. The van der Waals surface area contributed by atoms with Crippen LogP contribution in [0.25, 0.3) is 0 Å². The summed E-state index contributed by atoms with van der Waals surface area (Å²) in [5.74, 6) is -1.22. The van der Waals surface area contributed by atoms with Crippen LogP contribution in [0.4, 0.5) is 10.1 Å². The smallest absolute Gasteiger partial charge is 0.233 e. The number of hydrogen-bond acceptors (Lipinski definition) is 3. The normalized spacial score (nSPS) is 14.4. The summed E-state index contributed by atoms with van der Waals surface area (Å²) >= 11 is 0. The molecule has 0 fully saturated rings. The van der Waals surface area contributed by atoms with E-state index in [1.807, 2.05) is 0 Å². The Morgan fingerprint density at radius 2 is 2.19 bits per heavy atom. The Bertz CT molecular complexity index is 437. The molecule has 4 nitrogen and oxygen atoms in total. The average Bonchev–Trinajstić information content (AvgIpc) is 2.22. The number of anilines is 1. The zero-order chi connectivity index (χ0) is 12.3. The molecule has 2 unspecified atom stereocenters. The van der Waals surface area contributed by atoms with Crippen LogP contribution in [0, 0.1) is 5.82 Å². The molecule has 0 saturated carbocycles. The Labute approximate surface area is 95.3 Å². The van der Waals surface area contributed by atoms with Crippen LogP contribution in [0.15, 0.2) is 23.1 Å². The van der Waals surface area contributed by atoms with E-state index >= 15 is 0 Å². The standard InChI is InChI=1S/C10H13FN2O2S/c1-2-8(10(13)14)16(15)9-5-6(11)3-4-7(9)12/h3-5,8H,2,12H2,1H3,(H2,13,14). The van der Waals surface area contributed by atoms with Crippen molar-refractivity contribution >= 4 is 22.4 Å². The van der Waals surface area contributed by atoms with Crippen molar-refractivity contribution in [1.29, 1.82) is 0 Å². The molecule has 6 heteroatoms. The van der Waals surface area contributed by atoms with Crippen LogP contribution >= 0.6 is 0 Å². The molecule has 0 aliphatic heterocycles. The molecule has 1 rings (SSSR count). The van der Waals surface area contributed by atoms with E-state index in [-0.39, 0.29) is 10.6 Å². The number of carbonyl (C=O) groups is 1. The molecular formula is C10H13FN2O2S. The monoisotopic (exact) mass is 244 g/mol. The maximum absolute atomic E-state index is 13.0. The first-order valence-corrected chi connectivity index (χ1v) is 5.93. The fourth-order valence-corrected chi connectivity index (χ4v) is 2.64. The minimum atomic E-state index is -1.71. The molecule has 0 radical (unpaired) electrons. The highest BCUT2D eigenvalue weighted by Crippen LogP contribution is 2.21. The third kappa shape index (κ3) is 2.57. The van der Waals surface area contributed by atoms with Crippen molar-refractivity contribution < 1.29 is 13.4 Å². The third-order valence-electron chi connectivity index (χ3n) is 2.14. The molecule has 0 aromatic heterocycles. The van der Waals surface area contributed by atoms with Gasteiger partial charge in [0.25, 0.3) is 0 Å². The van der Waals surface area contributed by atoms with Crippen LogP contribution in [-0.2, 0) is 15.6 Å². The number of amides is 1. The van der Waals surface area contributed by atoms with Crippen LogP contribution in [0.5, 0.6) is 0 Å². The van der Waals surface area contributed by atoms with Gasteiger partial charge >= 0.3 is 0 Å². The van der Waals surface area contributed by atoms with Crippen LogP contribution < -0.4 is 11.5 Å². The number of halogens is 1. The lowest BCUT2D eigenvalue weighted by Crippen LogP contribution is -2.32. The van der Waals surface area contributed by atoms with Gasteiger partial charge < -0.3 is 11.5 Å². The van der Waals surface area contributed by atoms with Gasteiger partial charge in [0.05, 0.1) is 15.7 Å². The van der Waals surface area contributed by atoms with Crippen molar-refractivity contribution in [3.05, 3.63) is 24.0 Å². The lowest BCUT2D eigenvalue weighted by molar-refractivity contribution is -0.117. The molecule has 0 bridgehead atoms. The van der Waals surface area contributed by atoms with Gasteiger partial charge in [-0.25, -0.2) is 4.39 Å². The Balaban J connectivity index is 3.12.